The number of hydrogen-bond acceptors (Lipinski definition) is 4. The van der Waals surface area contributed by atoms with Gasteiger partial charge in [-0.25, -0.2) is 0 Å². The molecule has 0 aliphatic heterocycles. The summed E-state index contributed by atoms with van der Waals surface area (Å²) in [6, 6.07) is 6.34. The number of carboxylic acid groups (broad SMARTS) is 1. The number of likely N-dealkylation sites (N-methyl/N-ethyl adjacent to an activating group) is 1. The molecule has 5 nitrogen and oxygen atoms in total. The Morgan fingerprint density at radius 1 is 1.32 bits per heavy atom. The Balaban J connectivity index is 2.76. The number of rotatable bonds is 8. The molecule has 1 aromatic rings. The maximum absolute atomic E-state index is 12.3. The standard InChI is InChI=1S/C14H19NO4/c1-3-15-12(8-9-13(16)17)14(18)10-4-6-11(19-2)7-5-10/h4-7,12,15H,3,8-9H2,1-2H3,(H,16,17). The van der Waals surface area contributed by atoms with E-state index < -0.39 is 12.0 Å². The first-order chi connectivity index (χ1) is 9.08. The number of Topliss-reactive ketones (excluding diaryl/α,β-unsaturated/α-hetero) is 1. The van der Waals surface area contributed by atoms with Crippen LogP contribution in [-0.4, -0.2) is 36.6 Å². The second kappa shape index (κ2) is 7.53. The fraction of sp³-hybridized carbons (Fsp3) is 0.429. The van der Waals surface area contributed by atoms with Gasteiger partial charge in [0.2, 0.25) is 0 Å². The van der Waals surface area contributed by atoms with Crippen molar-refractivity contribution < 1.29 is 19.4 Å². The van der Waals surface area contributed by atoms with E-state index in [0.29, 0.717) is 17.9 Å². The maximum atomic E-state index is 12.3. The molecule has 1 rings (SSSR count). The summed E-state index contributed by atoms with van der Waals surface area (Å²) in [5.74, 6) is -0.307. The summed E-state index contributed by atoms with van der Waals surface area (Å²) in [6.07, 6.45) is 0.258. The Hall–Kier alpha value is -1.88. The van der Waals surface area contributed by atoms with Crippen LogP contribution in [0.25, 0.3) is 0 Å². The van der Waals surface area contributed by atoms with Crippen molar-refractivity contribution in [3.63, 3.8) is 0 Å². The van der Waals surface area contributed by atoms with Gasteiger partial charge >= 0.3 is 5.97 Å². The third-order valence-electron chi connectivity index (χ3n) is 2.79. The lowest BCUT2D eigenvalue weighted by atomic mass is 10.00. The van der Waals surface area contributed by atoms with E-state index >= 15 is 0 Å². The molecule has 0 aliphatic rings. The number of carboxylic acids is 1. The number of methoxy groups -OCH3 is 1. The monoisotopic (exact) mass is 265 g/mol. The minimum Gasteiger partial charge on any atom is -0.497 e. The molecular weight excluding hydrogens is 246 g/mol. The second-order valence-corrected chi connectivity index (χ2v) is 4.14. The van der Waals surface area contributed by atoms with Crippen molar-refractivity contribution in [3.05, 3.63) is 29.8 Å². The Bertz CT molecular complexity index is 428. The first kappa shape index (κ1) is 15.2. The number of carbonyl (C=O) groups excluding carboxylic acids is 1. The Labute approximate surface area is 112 Å². The largest absolute Gasteiger partial charge is 0.497 e. The van der Waals surface area contributed by atoms with Gasteiger partial charge in [0.25, 0.3) is 0 Å². The van der Waals surface area contributed by atoms with Crippen LogP contribution < -0.4 is 10.1 Å². The number of ether oxygens (including phenoxy) is 1. The average molecular weight is 265 g/mol. The number of carbonyl (C=O) groups is 2. The van der Waals surface area contributed by atoms with Crippen molar-refractivity contribution in [2.24, 2.45) is 0 Å². The summed E-state index contributed by atoms with van der Waals surface area (Å²) in [7, 11) is 1.56. The lowest BCUT2D eigenvalue weighted by Crippen LogP contribution is -2.37. The summed E-state index contributed by atoms with van der Waals surface area (Å²) in [4.78, 5) is 22.8. The van der Waals surface area contributed by atoms with Crippen molar-refractivity contribution in [1.82, 2.24) is 5.32 Å². The summed E-state index contributed by atoms with van der Waals surface area (Å²) in [6.45, 7) is 2.50. The third-order valence-corrected chi connectivity index (χ3v) is 2.79. The predicted molar refractivity (Wildman–Crippen MR) is 71.7 cm³/mol. The van der Waals surface area contributed by atoms with E-state index in [1.165, 1.54) is 0 Å². The highest BCUT2D eigenvalue weighted by Gasteiger charge is 2.19. The fourth-order valence-corrected chi connectivity index (χ4v) is 1.80. The first-order valence-electron chi connectivity index (χ1n) is 6.22. The van der Waals surface area contributed by atoms with E-state index in [-0.39, 0.29) is 18.6 Å². The summed E-state index contributed by atoms with van der Waals surface area (Å²) >= 11 is 0. The molecule has 0 spiro atoms. The van der Waals surface area contributed by atoms with Gasteiger partial charge in [-0.15, -0.1) is 0 Å². The summed E-state index contributed by atoms with van der Waals surface area (Å²) in [5.41, 5.74) is 0.553. The minimum atomic E-state index is -0.898. The zero-order chi connectivity index (χ0) is 14.3. The molecule has 1 aromatic carbocycles. The van der Waals surface area contributed by atoms with Crippen LogP contribution in [0.3, 0.4) is 0 Å². The number of benzene rings is 1. The highest BCUT2D eigenvalue weighted by Crippen LogP contribution is 2.14. The molecule has 0 saturated carbocycles. The zero-order valence-corrected chi connectivity index (χ0v) is 11.2. The van der Waals surface area contributed by atoms with Gasteiger partial charge in [0.1, 0.15) is 5.75 Å². The molecule has 0 aliphatic carbocycles. The van der Waals surface area contributed by atoms with Crippen molar-refractivity contribution in [2.45, 2.75) is 25.8 Å². The smallest absolute Gasteiger partial charge is 0.303 e. The van der Waals surface area contributed by atoms with Crippen LogP contribution >= 0.6 is 0 Å². The van der Waals surface area contributed by atoms with Gasteiger partial charge in [-0.1, -0.05) is 6.92 Å². The van der Waals surface area contributed by atoms with Crippen molar-refractivity contribution >= 4 is 11.8 Å². The van der Waals surface area contributed by atoms with E-state index in [4.69, 9.17) is 9.84 Å². The molecule has 0 aromatic heterocycles. The van der Waals surface area contributed by atoms with Gasteiger partial charge in [0, 0.05) is 12.0 Å². The molecule has 0 fully saturated rings. The quantitative estimate of drug-likeness (QED) is 0.700. The first-order valence-corrected chi connectivity index (χ1v) is 6.22. The highest BCUT2D eigenvalue weighted by molar-refractivity contribution is 6.00. The lowest BCUT2D eigenvalue weighted by molar-refractivity contribution is -0.137. The molecule has 0 heterocycles. The number of nitrogens with one attached hydrogen (secondary N) is 1. The molecule has 2 N–H and O–H groups in total. The minimum absolute atomic E-state index is 0.0282. The molecule has 0 radical (unpaired) electrons. The normalized spacial score (nSPS) is 11.9. The molecule has 19 heavy (non-hydrogen) atoms. The van der Waals surface area contributed by atoms with Crippen molar-refractivity contribution in [2.75, 3.05) is 13.7 Å². The summed E-state index contributed by atoms with van der Waals surface area (Å²) < 4.78 is 5.03. The zero-order valence-electron chi connectivity index (χ0n) is 11.2. The van der Waals surface area contributed by atoms with Crippen LogP contribution in [0.2, 0.25) is 0 Å². The van der Waals surface area contributed by atoms with E-state index in [1.54, 1.807) is 31.4 Å². The van der Waals surface area contributed by atoms with Gasteiger partial charge in [0.05, 0.1) is 13.2 Å². The van der Waals surface area contributed by atoms with Gasteiger partial charge in [-0.2, -0.15) is 0 Å². The predicted octanol–water partition coefficient (Wildman–Crippen LogP) is 1.72. The number of hydrogen-bond donors (Lipinski definition) is 2. The Kier molecular flexibility index (Phi) is 6.02. The van der Waals surface area contributed by atoms with Gasteiger partial charge in [-0.3, -0.25) is 9.59 Å². The SMILES string of the molecule is CCNC(CCC(=O)O)C(=O)c1ccc(OC)cc1. The molecule has 0 saturated heterocycles. The van der Waals surface area contributed by atoms with E-state index in [2.05, 4.69) is 5.32 Å². The van der Waals surface area contributed by atoms with Crippen LogP contribution in [0.4, 0.5) is 0 Å². The van der Waals surface area contributed by atoms with Crippen LogP contribution in [-0.2, 0) is 4.79 Å². The molecule has 1 atom stereocenters. The lowest BCUT2D eigenvalue weighted by Gasteiger charge is -2.16. The molecule has 5 heteroatoms. The highest BCUT2D eigenvalue weighted by atomic mass is 16.5. The van der Waals surface area contributed by atoms with E-state index in [0.717, 1.165) is 0 Å². The molecule has 0 amide bonds. The second-order valence-electron chi connectivity index (χ2n) is 4.14. The van der Waals surface area contributed by atoms with Gasteiger partial charge < -0.3 is 15.2 Å². The molecule has 1 unspecified atom stereocenters. The topological polar surface area (TPSA) is 75.6 Å². The summed E-state index contributed by atoms with van der Waals surface area (Å²) in [5, 5.41) is 11.7. The van der Waals surface area contributed by atoms with Crippen molar-refractivity contribution in [1.29, 1.82) is 0 Å². The van der Waals surface area contributed by atoms with E-state index in [1.807, 2.05) is 6.92 Å². The van der Waals surface area contributed by atoms with Gasteiger partial charge in [0.15, 0.2) is 5.78 Å². The Morgan fingerprint density at radius 2 is 1.95 bits per heavy atom. The average Bonchev–Trinajstić information content (AvgIpc) is 2.42. The molecule has 104 valence electrons. The van der Waals surface area contributed by atoms with Crippen LogP contribution in [0.15, 0.2) is 24.3 Å². The number of ketones is 1. The van der Waals surface area contributed by atoms with E-state index in [9.17, 15) is 9.59 Å². The van der Waals surface area contributed by atoms with Crippen LogP contribution in [0.1, 0.15) is 30.1 Å². The fourth-order valence-electron chi connectivity index (χ4n) is 1.80. The van der Waals surface area contributed by atoms with Gasteiger partial charge in [-0.05, 0) is 37.2 Å². The molecule has 0 bridgehead atoms. The maximum Gasteiger partial charge on any atom is 0.303 e. The number of aliphatic carboxylic acids is 1. The third kappa shape index (κ3) is 4.71. The van der Waals surface area contributed by atoms with Crippen molar-refractivity contribution in [3.8, 4) is 5.75 Å². The van der Waals surface area contributed by atoms with Crippen LogP contribution in [0.5, 0.6) is 5.75 Å². The molecular formula is C14H19NO4. The Morgan fingerprint density at radius 3 is 2.42 bits per heavy atom. The van der Waals surface area contributed by atoms with Crippen LogP contribution in [0, 0.1) is 0 Å².